The highest BCUT2D eigenvalue weighted by molar-refractivity contribution is 7.91. The molecular weight excluding hydrogens is 262 g/mol. The van der Waals surface area contributed by atoms with Crippen molar-refractivity contribution in [1.29, 1.82) is 0 Å². The van der Waals surface area contributed by atoms with Gasteiger partial charge in [-0.1, -0.05) is 6.07 Å². The number of hydrogen-bond acceptors (Lipinski definition) is 4. The third kappa shape index (κ3) is 2.36. The van der Waals surface area contributed by atoms with Gasteiger partial charge in [0.25, 0.3) is 10.0 Å². The second kappa shape index (κ2) is 4.08. The van der Waals surface area contributed by atoms with E-state index < -0.39 is 21.5 Å². The fraction of sp³-hybridized carbons (Fsp3) is 0.500. The van der Waals surface area contributed by atoms with Gasteiger partial charge in [-0.15, -0.1) is 11.3 Å². The molecule has 0 aliphatic heterocycles. The Morgan fingerprint density at radius 2 is 2.24 bits per heavy atom. The lowest BCUT2D eigenvalue weighted by Gasteiger charge is -2.25. The van der Waals surface area contributed by atoms with Gasteiger partial charge in [0, 0.05) is 0 Å². The largest absolute Gasteiger partial charge is 0.480 e. The molecule has 2 rings (SSSR count). The summed E-state index contributed by atoms with van der Waals surface area (Å²) in [4.78, 5) is 11.2. The molecule has 0 aromatic carbocycles. The van der Waals surface area contributed by atoms with Crippen molar-refractivity contribution in [3.8, 4) is 0 Å². The standard InChI is InChI=1S/C10H13NO4S2/c1-10(9(12)13,7-4-5-7)11-17(14,15)8-3-2-6-16-8/h2-3,6-7,11H,4-5H2,1H3,(H,12,13). The van der Waals surface area contributed by atoms with E-state index in [1.807, 2.05) is 0 Å². The average Bonchev–Trinajstić information content (AvgIpc) is 2.93. The average molecular weight is 275 g/mol. The molecule has 1 aliphatic carbocycles. The second-order valence-corrected chi connectivity index (χ2v) is 7.18. The Balaban J connectivity index is 2.28. The number of sulfonamides is 1. The maximum atomic E-state index is 12.0. The van der Waals surface area contributed by atoms with Crippen molar-refractivity contribution in [2.24, 2.45) is 5.92 Å². The predicted octanol–water partition coefficient (Wildman–Crippen LogP) is 1.28. The second-order valence-electron chi connectivity index (χ2n) is 4.32. The number of nitrogens with one attached hydrogen (secondary N) is 1. The Morgan fingerprint density at radius 3 is 2.65 bits per heavy atom. The summed E-state index contributed by atoms with van der Waals surface area (Å²) in [7, 11) is -3.74. The van der Waals surface area contributed by atoms with Gasteiger partial charge in [0.1, 0.15) is 9.75 Å². The van der Waals surface area contributed by atoms with Gasteiger partial charge in [0.15, 0.2) is 0 Å². The zero-order valence-corrected chi connectivity index (χ0v) is 10.8. The van der Waals surface area contributed by atoms with Gasteiger partial charge < -0.3 is 5.11 Å². The van der Waals surface area contributed by atoms with Crippen molar-refractivity contribution < 1.29 is 18.3 Å². The molecule has 2 N–H and O–H groups in total. The summed E-state index contributed by atoms with van der Waals surface area (Å²) < 4.78 is 26.4. The van der Waals surface area contributed by atoms with Crippen LogP contribution in [-0.2, 0) is 14.8 Å². The van der Waals surface area contributed by atoms with Gasteiger partial charge in [-0.25, -0.2) is 8.42 Å². The minimum atomic E-state index is -3.74. The fourth-order valence-corrected chi connectivity index (χ4v) is 4.13. The van der Waals surface area contributed by atoms with Crippen LogP contribution in [0.3, 0.4) is 0 Å². The monoisotopic (exact) mass is 275 g/mol. The molecule has 1 saturated carbocycles. The molecule has 0 radical (unpaired) electrons. The van der Waals surface area contributed by atoms with E-state index in [4.69, 9.17) is 0 Å². The summed E-state index contributed by atoms with van der Waals surface area (Å²) in [5.41, 5.74) is -1.40. The molecule has 0 bridgehead atoms. The van der Waals surface area contributed by atoms with Gasteiger partial charge in [0.05, 0.1) is 0 Å². The zero-order chi connectivity index (χ0) is 12.7. The molecule has 5 nitrogen and oxygen atoms in total. The normalized spacial score (nSPS) is 19.8. The molecule has 0 spiro atoms. The van der Waals surface area contributed by atoms with Crippen LogP contribution in [0, 0.1) is 5.92 Å². The van der Waals surface area contributed by atoms with Crippen LogP contribution in [0.5, 0.6) is 0 Å². The van der Waals surface area contributed by atoms with Crippen molar-refractivity contribution >= 4 is 27.3 Å². The third-order valence-corrected chi connectivity index (χ3v) is 5.91. The number of aliphatic carboxylic acids is 1. The Bertz CT molecular complexity index is 519. The van der Waals surface area contributed by atoms with Crippen molar-refractivity contribution in [3.63, 3.8) is 0 Å². The van der Waals surface area contributed by atoms with E-state index in [9.17, 15) is 18.3 Å². The molecule has 7 heteroatoms. The minimum absolute atomic E-state index is 0.116. The van der Waals surface area contributed by atoms with E-state index in [1.54, 1.807) is 11.4 Å². The molecule has 94 valence electrons. The summed E-state index contributed by atoms with van der Waals surface area (Å²) in [6.07, 6.45) is 1.49. The van der Waals surface area contributed by atoms with Crippen LogP contribution < -0.4 is 4.72 Å². The molecule has 1 fully saturated rings. The maximum Gasteiger partial charge on any atom is 0.324 e. The first-order chi connectivity index (χ1) is 7.86. The fourth-order valence-electron chi connectivity index (χ4n) is 1.71. The van der Waals surface area contributed by atoms with Crippen LogP contribution in [0.15, 0.2) is 21.7 Å². The number of carboxylic acid groups (broad SMARTS) is 1. The highest BCUT2D eigenvalue weighted by Crippen LogP contribution is 2.40. The summed E-state index contributed by atoms with van der Waals surface area (Å²) in [6, 6.07) is 3.08. The van der Waals surface area contributed by atoms with Crippen LogP contribution in [0.1, 0.15) is 19.8 Å². The Morgan fingerprint density at radius 1 is 1.59 bits per heavy atom. The minimum Gasteiger partial charge on any atom is -0.480 e. The number of hydrogen-bond donors (Lipinski definition) is 2. The lowest BCUT2D eigenvalue weighted by molar-refractivity contribution is -0.144. The third-order valence-electron chi connectivity index (χ3n) is 2.94. The quantitative estimate of drug-likeness (QED) is 0.848. The zero-order valence-electron chi connectivity index (χ0n) is 9.21. The summed E-state index contributed by atoms with van der Waals surface area (Å²) >= 11 is 1.07. The molecule has 0 amide bonds. The highest BCUT2D eigenvalue weighted by Gasteiger charge is 2.50. The molecule has 1 aromatic heterocycles. The van der Waals surface area contributed by atoms with E-state index in [1.165, 1.54) is 13.0 Å². The van der Waals surface area contributed by atoms with Crippen molar-refractivity contribution in [2.75, 3.05) is 0 Å². The number of rotatable bonds is 5. The van der Waals surface area contributed by atoms with Crippen LogP contribution >= 0.6 is 11.3 Å². The SMILES string of the molecule is CC(NS(=O)(=O)c1cccs1)(C(=O)O)C1CC1. The Labute approximate surface area is 104 Å². The smallest absolute Gasteiger partial charge is 0.324 e. The molecular formula is C10H13NO4S2. The first-order valence-corrected chi connectivity index (χ1v) is 7.53. The number of thiophene rings is 1. The van der Waals surface area contributed by atoms with Gasteiger partial charge in [-0.2, -0.15) is 4.72 Å². The number of carbonyl (C=O) groups is 1. The van der Waals surface area contributed by atoms with Crippen LogP contribution in [0.2, 0.25) is 0 Å². The van der Waals surface area contributed by atoms with E-state index in [0.29, 0.717) is 0 Å². The summed E-state index contributed by atoms with van der Waals surface area (Å²) in [6.45, 7) is 1.43. The molecule has 1 atom stereocenters. The molecule has 1 aliphatic rings. The first kappa shape index (κ1) is 12.5. The Kier molecular flexibility index (Phi) is 3.01. The van der Waals surface area contributed by atoms with Gasteiger partial charge in [-0.05, 0) is 37.1 Å². The number of carboxylic acids is 1. The van der Waals surface area contributed by atoms with Crippen LogP contribution in [-0.4, -0.2) is 25.0 Å². The molecule has 1 aromatic rings. The van der Waals surface area contributed by atoms with Crippen molar-refractivity contribution in [1.82, 2.24) is 4.72 Å². The summed E-state index contributed by atoms with van der Waals surface area (Å²) in [5.74, 6) is -1.24. The van der Waals surface area contributed by atoms with Gasteiger partial charge >= 0.3 is 5.97 Å². The van der Waals surface area contributed by atoms with Crippen LogP contribution in [0.25, 0.3) is 0 Å². The van der Waals surface area contributed by atoms with Crippen molar-refractivity contribution in [3.05, 3.63) is 17.5 Å². The Hall–Kier alpha value is -0.920. The van der Waals surface area contributed by atoms with Crippen LogP contribution in [0.4, 0.5) is 0 Å². The first-order valence-electron chi connectivity index (χ1n) is 5.17. The maximum absolute atomic E-state index is 12.0. The van der Waals surface area contributed by atoms with E-state index in [2.05, 4.69) is 4.72 Å². The molecule has 1 heterocycles. The highest BCUT2D eigenvalue weighted by atomic mass is 32.2. The topological polar surface area (TPSA) is 83.5 Å². The van der Waals surface area contributed by atoms with E-state index >= 15 is 0 Å². The predicted molar refractivity (Wildman–Crippen MR) is 63.4 cm³/mol. The van der Waals surface area contributed by atoms with E-state index in [-0.39, 0.29) is 10.1 Å². The summed E-state index contributed by atoms with van der Waals surface area (Å²) in [5, 5.41) is 10.8. The molecule has 0 saturated heterocycles. The lowest BCUT2D eigenvalue weighted by Crippen LogP contribution is -2.53. The lowest BCUT2D eigenvalue weighted by atomic mass is 9.98. The van der Waals surface area contributed by atoms with Crippen molar-refractivity contribution in [2.45, 2.75) is 29.5 Å². The van der Waals surface area contributed by atoms with Gasteiger partial charge in [-0.3, -0.25) is 4.79 Å². The van der Waals surface area contributed by atoms with E-state index in [0.717, 1.165) is 24.2 Å². The van der Waals surface area contributed by atoms with Gasteiger partial charge in [0.2, 0.25) is 0 Å². The molecule has 1 unspecified atom stereocenters. The molecule has 17 heavy (non-hydrogen) atoms.